The highest BCUT2D eigenvalue weighted by atomic mass is 19.1. The molecule has 1 aromatic heterocycles. The van der Waals surface area contributed by atoms with Crippen molar-refractivity contribution < 1.29 is 8.81 Å². The number of aryl methyl sites for hydroxylation is 1. The summed E-state index contributed by atoms with van der Waals surface area (Å²) in [7, 11) is 1.81. The van der Waals surface area contributed by atoms with E-state index in [2.05, 4.69) is 10.3 Å². The van der Waals surface area contributed by atoms with Gasteiger partial charge in [0.05, 0.1) is 5.56 Å². The third kappa shape index (κ3) is 1.97. The van der Waals surface area contributed by atoms with Crippen LogP contribution in [0.5, 0.6) is 0 Å². The maximum atomic E-state index is 13.6. The molecule has 1 heterocycles. The molecule has 0 unspecified atom stereocenters. The second kappa shape index (κ2) is 4.45. The third-order valence-corrected chi connectivity index (χ3v) is 2.35. The summed E-state index contributed by atoms with van der Waals surface area (Å²) < 4.78 is 18.9. The van der Waals surface area contributed by atoms with Gasteiger partial charge in [-0.25, -0.2) is 9.37 Å². The van der Waals surface area contributed by atoms with Crippen LogP contribution in [0.4, 0.5) is 4.39 Å². The van der Waals surface area contributed by atoms with E-state index in [9.17, 15) is 4.39 Å². The minimum Gasteiger partial charge on any atom is -0.443 e. The molecule has 0 aliphatic carbocycles. The number of hydrogen-bond acceptors (Lipinski definition) is 3. The summed E-state index contributed by atoms with van der Waals surface area (Å²) in [6, 6.07) is 4.93. The highest BCUT2D eigenvalue weighted by molar-refractivity contribution is 5.61. The quantitative estimate of drug-likeness (QED) is 0.863. The Balaban J connectivity index is 2.49. The van der Waals surface area contributed by atoms with E-state index in [1.165, 1.54) is 12.5 Å². The van der Waals surface area contributed by atoms with Gasteiger partial charge in [-0.3, -0.25) is 0 Å². The minimum absolute atomic E-state index is 0.292. The van der Waals surface area contributed by atoms with Crippen LogP contribution >= 0.6 is 0 Å². The summed E-state index contributed by atoms with van der Waals surface area (Å²) in [5, 5.41) is 2.97. The molecule has 0 aliphatic rings. The fourth-order valence-electron chi connectivity index (χ4n) is 1.59. The zero-order valence-corrected chi connectivity index (χ0v) is 9.25. The van der Waals surface area contributed by atoms with Gasteiger partial charge in [0.1, 0.15) is 11.5 Å². The smallest absolute Gasteiger partial charge is 0.181 e. The largest absolute Gasteiger partial charge is 0.443 e. The maximum absolute atomic E-state index is 13.6. The van der Waals surface area contributed by atoms with E-state index in [1.54, 1.807) is 12.1 Å². The molecule has 0 spiro atoms. The molecule has 16 heavy (non-hydrogen) atoms. The molecule has 0 atom stereocenters. The van der Waals surface area contributed by atoms with Crippen LogP contribution in [0.15, 0.2) is 29.0 Å². The lowest BCUT2D eigenvalue weighted by Crippen LogP contribution is -2.06. The molecule has 84 valence electrons. The van der Waals surface area contributed by atoms with E-state index in [4.69, 9.17) is 4.42 Å². The standard InChI is InChI=1S/C12H13FN2O/c1-8-3-4-10(13)9(5-8)12-11(6-14-2)15-7-16-12/h3-5,7,14H,6H2,1-2H3. The Morgan fingerprint density at radius 1 is 1.44 bits per heavy atom. The van der Waals surface area contributed by atoms with Crippen LogP contribution in [0.1, 0.15) is 11.3 Å². The molecule has 0 saturated carbocycles. The number of halogens is 1. The van der Waals surface area contributed by atoms with Crippen molar-refractivity contribution in [1.29, 1.82) is 0 Å². The van der Waals surface area contributed by atoms with E-state index in [0.717, 1.165) is 5.56 Å². The Morgan fingerprint density at radius 3 is 3.00 bits per heavy atom. The zero-order valence-electron chi connectivity index (χ0n) is 9.25. The summed E-state index contributed by atoms with van der Waals surface area (Å²) in [4.78, 5) is 4.06. The van der Waals surface area contributed by atoms with Crippen molar-refractivity contribution in [3.63, 3.8) is 0 Å². The molecule has 3 nitrogen and oxygen atoms in total. The monoisotopic (exact) mass is 220 g/mol. The average Bonchev–Trinajstić information content (AvgIpc) is 2.70. The molecule has 0 amide bonds. The highest BCUT2D eigenvalue weighted by Gasteiger charge is 2.14. The summed E-state index contributed by atoms with van der Waals surface area (Å²) in [5.41, 5.74) is 2.16. The maximum Gasteiger partial charge on any atom is 0.181 e. The van der Waals surface area contributed by atoms with Gasteiger partial charge in [-0.15, -0.1) is 0 Å². The Hall–Kier alpha value is -1.68. The van der Waals surface area contributed by atoms with E-state index in [0.29, 0.717) is 23.6 Å². The molecule has 0 fully saturated rings. The molecule has 0 aliphatic heterocycles. The number of nitrogens with zero attached hydrogens (tertiary/aromatic N) is 1. The van der Waals surface area contributed by atoms with Crippen molar-refractivity contribution in [2.24, 2.45) is 0 Å². The molecule has 1 N–H and O–H groups in total. The number of rotatable bonds is 3. The Morgan fingerprint density at radius 2 is 2.25 bits per heavy atom. The van der Waals surface area contributed by atoms with E-state index < -0.39 is 0 Å². The van der Waals surface area contributed by atoms with Crippen LogP contribution in [0.25, 0.3) is 11.3 Å². The van der Waals surface area contributed by atoms with Crippen LogP contribution in [0, 0.1) is 12.7 Å². The minimum atomic E-state index is -0.292. The van der Waals surface area contributed by atoms with Crippen LogP contribution in [-0.4, -0.2) is 12.0 Å². The first kappa shape index (κ1) is 10.8. The van der Waals surface area contributed by atoms with Crippen molar-refractivity contribution in [2.75, 3.05) is 7.05 Å². The lowest BCUT2D eigenvalue weighted by atomic mass is 10.1. The van der Waals surface area contributed by atoms with E-state index >= 15 is 0 Å². The van der Waals surface area contributed by atoms with Gasteiger partial charge in [0.2, 0.25) is 0 Å². The lowest BCUT2D eigenvalue weighted by molar-refractivity contribution is 0.559. The van der Waals surface area contributed by atoms with Crippen molar-refractivity contribution in [3.05, 3.63) is 41.7 Å². The first-order valence-electron chi connectivity index (χ1n) is 5.06. The second-order valence-electron chi connectivity index (χ2n) is 3.64. The summed E-state index contributed by atoms with van der Waals surface area (Å²) >= 11 is 0. The predicted octanol–water partition coefficient (Wildman–Crippen LogP) is 2.51. The fraction of sp³-hybridized carbons (Fsp3) is 0.250. The van der Waals surface area contributed by atoms with Crippen LogP contribution in [-0.2, 0) is 6.54 Å². The molecule has 0 radical (unpaired) electrons. The first-order valence-corrected chi connectivity index (χ1v) is 5.06. The highest BCUT2D eigenvalue weighted by Crippen LogP contribution is 2.26. The number of hydrogen-bond donors (Lipinski definition) is 1. The van der Waals surface area contributed by atoms with Crippen molar-refractivity contribution in [3.8, 4) is 11.3 Å². The van der Waals surface area contributed by atoms with Gasteiger partial charge in [-0.2, -0.15) is 0 Å². The Bertz CT molecular complexity index is 494. The van der Waals surface area contributed by atoms with Gasteiger partial charge in [-0.1, -0.05) is 11.6 Å². The van der Waals surface area contributed by atoms with Crippen LogP contribution in [0.3, 0.4) is 0 Å². The molecule has 4 heteroatoms. The van der Waals surface area contributed by atoms with Gasteiger partial charge in [0.25, 0.3) is 0 Å². The van der Waals surface area contributed by atoms with Gasteiger partial charge in [0, 0.05) is 6.54 Å². The topological polar surface area (TPSA) is 38.1 Å². The van der Waals surface area contributed by atoms with Crippen molar-refractivity contribution in [2.45, 2.75) is 13.5 Å². The Labute approximate surface area is 93.3 Å². The van der Waals surface area contributed by atoms with E-state index in [1.807, 2.05) is 14.0 Å². The Kier molecular flexibility index (Phi) is 3.01. The molecule has 0 bridgehead atoms. The molecular formula is C12H13FN2O. The number of oxazole rings is 1. The lowest BCUT2D eigenvalue weighted by Gasteiger charge is -2.03. The normalized spacial score (nSPS) is 10.7. The SMILES string of the molecule is CNCc1ncoc1-c1cc(C)ccc1F. The van der Waals surface area contributed by atoms with Crippen LogP contribution in [0.2, 0.25) is 0 Å². The van der Waals surface area contributed by atoms with Crippen molar-refractivity contribution in [1.82, 2.24) is 10.3 Å². The van der Waals surface area contributed by atoms with Crippen LogP contribution < -0.4 is 5.32 Å². The summed E-state index contributed by atoms with van der Waals surface area (Å²) in [6.45, 7) is 2.47. The average molecular weight is 220 g/mol. The number of nitrogens with one attached hydrogen (secondary N) is 1. The predicted molar refractivity (Wildman–Crippen MR) is 59.4 cm³/mol. The van der Waals surface area contributed by atoms with E-state index in [-0.39, 0.29) is 5.82 Å². The van der Waals surface area contributed by atoms with Gasteiger partial charge < -0.3 is 9.73 Å². The van der Waals surface area contributed by atoms with Gasteiger partial charge >= 0.3 is 0 Å². The fourth-order valence-corrected chi connectivity index (χ4v) is 1.59. The van der Waals surface area contributed by atoms with Gasteiger partial charge in [0.15, 0.2) is 12.2 Å². The second-order valence-corrected chi connectivity index (χ2v) is 3.64. The molecule has 1 aromatic carbocycles. The molecule has 2 rings (SSSR count). The molecule has 0 saturated heterocycles. The van der Waals surface area contributed by atoms with Crippen molar-refractivity contribution >= 4 is 0 Å². The third-order valence-electron chi connectivity index (χ3n) is 2.35. The number of aromatic nitrogens is 1. The molecule has 2 aromatic rings. The summed E-state index contributed by atoms with van der Waals surface area (Å²) in [5.74, 6) is 0.204. The van der Waals surface area contributed by atoms with Gasteiger partial charge in [-0.05, 0) is 26.1 Å². The summed E-state index contributed by atoms with van der Waals surface area (Å²) in [6.07, 6.45) is 1.34. The first-order chi connectivity index (χ1) is 7.72. The number of benzene rings is 1. The zero-order chi connectivity index (χ0) is 11.5. The molecular weight excluding hydrogens is 207 g/mol.